The van der Waals surface area contributed by atoms with Gasteiger partial charge in [-0.2, -0.15) is 5.10 Å². The summed E-state index contributed by atoms with van der Waals surface area (Å²) in [6.07, 6.45) is 1.40. The molecule has 3 aromatic carbocycles. The highest BCUT2D eigenvalue weighted by Gasteiger charge is 2.13. The Morgan fingerprint density at radius 3 is 2.26 bits per heavy atom. The summed E-state index contributed by atoms with van der Waals surface area (Å²) >= 11 is 0. The second kappa shape index (κ2) is 12.0. The van der Waals surface area contributed by atoms with Crippen molar-refractivity contribution >= 4 is 29.6 Å². The number of nitrogens with one attached hydrogen (secondary N) is 3. The van der Waals surface area contributed by atoms with Gasteiger partial charge in [-0.25, -0.2) is 5.43 Å². The van der Waals surface area contributed by atoms with E-state index < -0.39 is 11.8 Å². The summed E-state index contributed by atoms with van der Waals surface area (Å²) in [5, 5.41) is 9.17. The Hall–Kier alpha value is -4.46. The molecule has 3 rings (SSSR count). The molecule has 3 aromatic rings. The van der Waals surface area contributed by atoms with Gasteiger partial charge in [0.2, 0.25) is 0 Å². The van der Waals surface area contributed by atoms with E-state index in [4.69, 9.17) is 4.74 Å². The molecule has 1 atom stereocenters. The highest BCUT2D eigenvalue weighted by Crippen LogP contribution is 2.13. The molecule has 0 aliphatic heterocycles. The summed E-state index contributed by atoms with van der Waals surface area (Å²) in [6, 6.07) is 23.4. The van der Waals surface area contributed by atoms with Crippen LogP contribution in [0.5, 0.6) is 5.75 Å². The van der Waals surface area contributed by atoms with E-state index in [1.165, 1.54) is 6.21 Å². The fraction of sp³-hybridized carbons (Fsp3) is 0.154. The van der Waals surface area contributed by atoms with Gasteiger partial charge in [0, 0.05) is 5.69 Å². The molecule has 0 aromatic heterocycles. The molecule has 0 heterocycles. The second-order valence-corrected chi connectivity index (χ2v) is 7.58. The number of hydrogen-bond donors (Lipinski definition) is 3. The number of carbonyl (C=O) groups is 3. The van der Waals surface area contributed by atoms with Gasteiger partial charge in [0.1, 0.15) is 5.75 Å². The van der Waals surface area contributed by atoms with Crippen LogP contribution < -0.4 is 20.8 Å². The largest absolute Gasteiger partial charge is 0.484 e. The molecular weight excluding hydrogens is 432 g/mol. The molecule has 0 saturated heterocycles. The quantitative estimate of drug-likeness (QED) is 0.273. The number of rotatable bonds is 8. The number of benzene rings is 3. The molecule has 0 aliphatic carbocycles. The van der Waals surface area contributed by atoms with Gasteiger partial charge < -0.3 is 15.4 Å². The van der Waals surface area contributed by atoms with E-state index in [1.807, 2.05) is 56.3 Å². The molecule has 0 aliphatic rings. The van der Waals surface area contributed by atoms with Crippen LogP contribution in [0.3, 0.4) is 0 Å². The first-order valence-electron chi connectivity index (χ1n) is 10.7. The molecule has 0 unspecified atom stereocenters. The lowest BCUT2D eigenvalue weighted by Gasteiger charge is -2.14. The first-order valence-corrected chi connectivity index (χ1v) is 10.7. The summed E-state index contributed by atoms with van der Waals surface area (Å²) in [7, 11) is 0. The van der Waals surface area contributed by atoms with Gasteiger partial charge >= 0.3 is 11.8 Å². The average molecular weight is 459 g/mol. The van der Waals surface area contributed by atoms with Crippen molar-refractivity contribution < 1.29 is 19.1 Å². The average Bonchev–Trinajstić information content (AvgIpc) is 2.85. The molecule has 174 valence electrons. The van der Waals surface area contributed by atoms with Crippen molar-refractivity contribution in [2.75, 3.05) is 11.9 Å². The molecule has 8 heteroatoms. The van der Waals surface area contributed by atoms with Crippen LogP contribution in [-0.2, 0) is 14.4 Å². The Labute approximate surface area is 198 Å². The van der Waals surface area contributed by atoms with Crippen molar-refractivity contribution in [3.8, 4) is 5.75 Å². The number of hydrogen-bond acceptors (Lipinski definition) is 5. The van der Waals surface area contributed by atoms with E-state index in [2.05, 4.69) is 21.2 Å². The predicted octanol–water partition coefficient (Wildman–Crippen LogP) is 3.34. The second-order valence-electron chi connectivity index (χ2n) is 7.58. The Morgan fingerprint density at radius 2 is 1.59 bits per heavy atom. The van der Waals surface area contributed by atoms with Gasteiger partial charge in [-0.3, -0.25) is 14.4 Å². The van der Waals surface area contributed by atoms with Gasteiger partial charge in [-0.15, -0.1) is 0 Å². The molecule has 0 fully saturated rings. The van der Waals surface area contributed by atoms with Crippen LogP contribution >= 0.6 is 0 Å². The standard InChI is InChI=1S/C26H26N4O4/c1-18-8-12-22(13-9-18)29-25(32)26(33)30-27-16-20-10-14-23(15-11-20)34-17-24(31)28-19(2)21-6-4-3-5-7-21/h3-16,19H,17H2,1-2H3,(H,28,31)(H,29,32)(H,30,33)/b27-16-/t19-/m0/s1. The third kappa shape index (κ3) is 7.59. The highest BCUT2D eigenvalue weighted by atomic mass is 16.5. The van der Waals surface area contributed by atoms with E-state index in [1.54, 1.807) is 36.4 Å². The minimum Gasteiger partial charge on any atom is -0.484 e. The van der Waals surface area contributed by atoms with E-state index >= 15 is 0 Å². The minimum atomic E-state index is -0.882. The van der Waals surface area contributed by atoms with E-state index in [0.29, 0.717) is 17.0 Å². The molecule has 8 nitrogen and oxygen atoms in total. The highest BCUT2D eigenvalue weighted by molar-refractivity contribution is 6.39. The van der Waals surface area contributed by atoms with Crippen molar-refractivity contribution in [3.05, 3.63) is 95.6 Å². The molecule has 34 heavy (non-hydrogen) atoms. The molecule has 0 spiro atoms. The molecule has 3 amide bonds. The summed E-state index contributed by atoms with van der Waals surface area (Å²) < 4.78 is 5.52. The lowest BCUT2D eigenvalue weighted by molar-refractivity contribution is -0.136. The van der Waals surface area contributed by atoms with Gasteiger partial charge in [0.25, 0.3) is 5.91 Å². The molecular formula is C26H26N4O4. The predicted molar refractivity (Wildman–Crippen MR) is 130 cm³/mol. The zero-order valence-electron chi connectivity index (χ0n) is 18.9. The van der Waals surface area contributed by atoms with Crippen LogP contribution in [0.15, 0.2) is 84.0 Å². The monoisotopic (exact) mass is 458 g/mol. The number of carbonyl (C=O) groups excluding carboxylic acids is 3. The van der Waals surface area contributed by atoms with Crippen LogP contribution in [0.25, 0.3) is 0 Å². The van der Waals surface area contributed by atoms with Crippen molar-refractivity contribution in [2.24, 2.45) is 5.10 Å². The van der Waals surface area contributed by atoms with Crippen LogP contribution in [0.2, 0.25) is 0 Å². The van der Waals surface area contributed by atoms with Gasteiger partial charge in [0.05, 0.1) is 12.3 Å². The van der Waals surface area contributed by atoms with Crippen LogP contribution in [0.1, 0.15) is 29.7 Å². The number of ether oxygens (including phenoxy) is 1. The van der Waals surface area contributed by atoms with Gasteiger partial charge in [0.15, 0.2) is 6.61 Å². The summed E-state index contributed by atoms with van der Waals surface area (Å²) in [5.74, 6) is -1.41. The van der Waals surface area contributed by atoms with Crippen molar-refractivity contribution in [3.63, 3.8) is 0 Å². The number of anilines is 1. The summed E-state index contributed by atoms with van der Waals surface area (Å²) in [6.45, 7) is 3.72. The smallest absolute Gasteiger partial charge is 0.329 e. The maximum Gasteiger partial charge on any atom is 0.329 e. The van der Waals surface area contributed by atoms with E-state index in [9.17, 15) is 14.4 Å². The fourth-order valence-corrected chi connectivity index (χ4v) is 2.95. The SMILES string of the molecule is Cc1ccc(NC(=O)C(=O)N/N=C\c2ccc(OCC(=O)N[C@@H](C)c3ccccc3)cc2)cc1. The lowest BCUT2D eigenvalue weighted by Crippen LogP contribution is -2.32. The molecule has 0 radical (unpaired) electrons. The number of aryl methyl sites for hydroxylation is 1. The number of amides is 3. The fourth-order valence-electron chi connectivity index (χ4n) is 2.95. The number of nitrogens with zero attached hydrogens (tertiary/aromatic N) is 1. The topological polar surface area (TPSA) is 109 Å². The Bertz CT molecular complexity index is 1140. The lowest BCUT2D eigenvalue weighted by atomic mass is 10.1. The maximum atomic E-state index is 12.1. The summed E-state index contributed by atoms with van der Waals surface area (Å²) in [5.41, 5.74) is 5.44. The van der Waals surface area contributed by atoms with Crippen LogP contribution in [0.4, 0.5) is 5.69 Å². The van der Waals surface area contributed by atoms with Gasteiger partial charge in [-0.05, 0) is 61.4 Å². The van der Waals surface area contributed by atoms with Gasteiger partial charge in [-0.1, -0.05) is 48.0 Å². The minimum absolute atomic E-state index is 0.114. The Morgan fingerprint density at radius 1 is 0.912 bits per heavy atom. The zero-order valence-corrected chi connectivity index (χ0v) is 18.9. The first kappa shape index (κ1) is 24.2. The summed E-state index contributed by atoms with van der Waals surface area (Å²) in [4.78, 5) is 35.9. The van der Waals surface area contributed by atoms with E-state index in [-0.39, 0.29) is 18.6 Å². The van der Waals surface area contributed by atoms with Crippen LogP contribution in [-0.4, -0.2) is 30.5 Å². The van der Waals surface area contributed by atoms with E-state index in [0.717, 1.165) is 11.1 Å². The molecule has 3 N–H and O–H groups in total. The van der Waals surface area contributed by atoms with Crippen molar-refractivity contribution in [2.45, 2.75) is 19.9 Å². The molecule has 0 saturated carbocycles. The van der Waals surface area contributed by atoms with Crippen molar-refractivity contribution in [1.82, 2.24) is 10.7 Å². The normalized spacial score (nSPS) is 11.5. The van der Waals surface area contributed by atoms with Crippen molar-refractivity contribution in [1.29, 1.82) is 0 Å². The third-order valence-electron chi connectivity index (χ3n) is 4.82. The first-order chi connectivity index (χ1) is 16.4. The Kier molecular flexibility index (Phi) is 8.51. The van der Waals surface area contributed by atoms with Crippen LogP contribution in [0, 0.1) is 6.92 Å². The third-order valence-corrected chi connectivity index (χ3v) is 4.82. The Balaban J connectivity index is 1.41. The number of hydrazone groups is 1. The zero-order chi connectivity index (χ0) is 24.3. The molecule has 0 bridgehead atoms. The maximum absolute atomic E-state index is 12.1.